The van der Waals surface area contributed by atoms with Gasteiger partial charge in [-0.25, -0.2) is 0 Å². The van der Waals surface area contributed by atoms with Gasteiger partial charge in [0.2, 0.25) is 5.82 Å². The molecule has 7 heteroatoms. The topological polar surface area (TPSA) is 73.1 Å². The molecule has 130 valence electrons. The van der Waals surface area contributed by atoms with E-state index in [-0.39, 0.29) is 13.2 Å². The van der Waals surface area contributed by atoms with Crippen LogP contribution in [-0.4, -0.2) is 38.0 Å². The Balaban J connectivity index is 1.60. The molecule has 0 saturated carbocycles. The first-order valence-corrected chi connectivity index (χ1v) is 8.31. The van der Waals surface area contributed by atoms with Crippen LogP contribution in [0.2, 0.25) is 5.02 Å². The highest BCUT2D eigenvalue weighted by atomic mass is 35.5. The Kier molecular flexibility index (Phi) is 5.31. The number of benzene rings is 2. The number of aromatic nitrogens is 4. The average molecular weight is 359 g/mol. The molecular formula is C18H19ClN4O2. The summed E-state index contributed by atoms with van der Waals surface area (Å²) >= 11 is 5.97. The zero-order valence-corrected chi connectivity index (χ0v) is 14.8. The third kappa shape index (κ3) is 4.55. The van der Waals surface area contributed by atoms with E-state index in [1.807, 2.05) is 44.2 Å². The maximum absolute atomic E-state index is 10.2. The summed E-state index contributed by atoms with van der Waals surface area (Å²) in [7, 11) is 0. The van der Waals surface area contributed by atoms with Crippen molar-refractivity contribution < 1.29 is 9.84 Å². The second-order valence-electron chi connectivity index (χ2n) is 5.91. The molecule has 0 fully saturated rings. The first-order chi connectivity index (χ1) is 12.0. The minimum Gasteiger partial charge on any atom is -0.491 e. The zero-order valence-electron chi connectivity index (χ0n) is 14.1. The van der Waals surface area contributed by atoms with Crippen molar-refractivity contribution >= 4 is 11.6 Å². The quantitative estimate of drug-likeness (QED) is 0.733. The first-order valence-electron chi connectivity index (χ1n) is 7.93. The fourth-order valence-electron chi connectivity index (χ4n) is 2.35. The molecule has 3 aromatic rings. The molecular weight excluding hydrogens is 340 g/mol. The van der Waals surface area contributed by atoms with Gasteiger partial charge in [-0.05, 0) is 48.4 Å². The lowest BCUT2D eigenvalue weighted by Crippen LogP contribution is -2.25. The Morgan fingerprint density at radius 1 is 1.20 bits per heavy atom. The fourth-order valence-corrected chi connectivity index (χ4v) is 2.54. The van der Waals surface area contributed by atoms with Crippen molar-refractivity contribution in [3.8, 4) is 17.1 Å². The third-order valence-corrected chi connectivity index (χ3v) is 3.92. The van der Waals surface area contributed by atoms with Gasteiger partial charge >= 0.3 is 0 Å². The molecule has 0 aliphatic heterocycles. The summed E-state index contributed by atoms with van der Waals surface area (Å²) in [5.74, 6) is 1.23. The highest BCUT2D eigenvalue weighted by molar-refractivity contribution is 6.30. The first kappa shape index (κ1) is 17.4. The molecule has 0 aliphatic carbocycles. The lowest BCUT2D eigenvalue weighted by atomic mass is 10.1. The average Bonchev–Trinajstić information content (AvgIpc) is 3.04. The van der Waals surface area contributed by atoms with Crippen LogP contribution < -0.4 is 4.74 Å². The molecule has 2 aromatic carbocycles. The summed E-state index contributed by atoms with van der Waals surface area (Å²) in [6, 6.07) is 13.2. The van der Waals surface area contributed by atoms with Gasteiger partial charge in [0.15, 0.2) is 0 Å². The van der Waals surface area contributed by atoms with Crippen LogP contribution in [0.4, 0.5) is 0 Å². The van der Waals surface area contributed by atoms with Crippen molar-refractivity contribution in [2.45, 2.75) is 26.5 Å². The van der Waals surface area contributed by atoms with Crippen molar-refractivity contribution in [2.24, 2.45) is 0 Å². The number of aryl methyl sites for hydroxylation is 2. The van der Waals surface area contributed by atoms with Crippen LogP contribution in [0, 0.1) is 13.8 Å². The van der Waals surface area contributed by atoms with Gasteiger partial charge in [-0.3, -0.25) is 0 Å². The summed E-state index contributed by atoms with van der Waals surface area (Å²) in [5.41, 5.74) is 2.92. The second-order valence-corrected chi connectivity index (χ2v) is 6.35. The molecule has 0 spiro atoms. The lowest BCUT2D eigenvalue weighted by molar-refractivity contribution is 0.0846. The largest absolute Gasteiger partial charge is 0.491 e. The minimum atomic E-state index is -0.749. The standard InChI is InChI=1S/C18H19ClN4O2/c1-12-6-7-13(2)17(8-12)25-11-16(24)10-23-21-18(20-22-23)14-4-3-5-15(19)9-14/h3-9,16,24H,10-11H2,1-2H3. The SMILES string of the molecule is Cc1ccc(C)c(OCC(O)Cn2nnc(-c3cccc(Cl)c3)n2)c1. The molecule has 1 unspecified atom stereocenters. The van der Waals surface area contributed by atoms with Crippen LogP contribution in [0.25, 0.3) is 11.4 Å². The predicted octanol–water partition coefficient (Wildman–Crippen LogP) is 3.05. The Morgan fingerprint density at radius 3 is 2.84 bits per heavy atom. The minimum absolute atomic E-state index is 0.151. The van der Waals surface area contributed by atoms with Crippen LogP contribution >= 0.6 is 11.6 Å². The summed E-state index contributed by atoms with van der Waals surface area (Å²) < 4.78 is 5.70. The Labute approximate surface area is 151 Å². The van der Waals surface area contributed by atoms with E-state index in [9.17, 15) is 5.11 Å². The van der Waals surface area contributed by atoms with Gasteiger partial charge in [-0.15, -0.1) is 10.2 Å². The zero-order chi connectivity index (χ0) is 17.8. The third-order valence-electron chi connectivity index (χ3n) is 3.68. The summed E-state index contributed by atoms with van der Waals surface area (Å²) in [4.78, 5) is 1.35. The van der Waals surface area contributed by atoms with Crippen LogP contribution in [0.3, 0.4) is 0 Å². The number of halogens is 1. The molecule has 0 aliphatic rings. The maximum Gasteiger partial charge on any atom is 0.204 e. The monoisotopic (exact) mass is 358 g/mol. The highest BCUT2D eigenvalue weighted by Crippen LogP contribution is 2.20. The van der Waals surface area contributed by atoms with Gasteiger partial charge in [0.25, 0.3) is 0 Å². The van der Waals surface area contributed by atoms with Crippen LogP contribution in [0.15, 0.2) is 42.5 Å². The smallest absolute Gasteiger partial charge is 0.204 e. The Bertz CT molecular complexity index is 866. The van der Waals surface area contributed by atoms with Crippen molar-refractivity contribution in [1.82, 2.24) is 20.2 Å². The Hall–Kier alpha value is -2.44. The molecule has 1 atom stereocenters. The van der Waals surface area contributed by atoms with Crippen molar-refractivity contribution in [3.05, 3.63) is 58.6 Å². The van der Waals surface area contributed by atoms with Crippen molar-refractivity contribution in [1.29, 1.82) is 0 Å². The molecule has 0 radical (unpaired) electrons. The number of aliphatic hydroxyl groups excluding tert-OH is 1. The van der Waals surface area contributed by atoms with Gasteiger partial charge in [0.1, 0.15) is 18.5 Å². The van der Waals surface area contributed by atoms with E-state index in [2.05, 4.69) is 15.4 Å². The van der Waals surface area contributed by atoms with Gasteiger partial charge in [0, 0.05) is 10.6 Å². The number of hydrogen-bond donors (Lipinski definition) is 1. The molecule has 1 heterocycles. The van der Waals surface area contributed by atoms with E-state index in [0.29, 0.717) is 10.8 Å². The molecule has 25 heavy (non-hydrogen) atoms. The number of nitrogens with zero attached hydrogens (tertiary/aromatic N) is 4. The van der Waals surface area contributed by atoms with Gasteiger partial charge in [-0.1, -0.05) is 35.9 Å². The number of tetrazole rings is 1. The van der Waals surface area contributed by atoms with Crippen LogP contribution in [0.5, 0.6) is 5.75 Å². The van der Waals surface area contributed by atoms with Gasteiger partial charge in [0.05, 0.1) is 6.54 Å². The molecule has 0 bridgehead atoms. The number of aliphatic hydroxyl groups is 1. The predicted molar refractivity (Wildman–Crippen MR) is 95.7 cm³/mol. The molecule has 6 nitrogen and oxygen atoms in total. The summed E-state index contributed by atoms with van der Waals surface area (Å²) in [6.45, 7) is 4.31. The van der Waals surface area contributed by atoms with E-state index >= 15 is 0 Å². The molecule has 3 rings (SSSR count). The van der Waals surface area contributed by atoms with E-state index in [1.165, 1.54) is 4.80 Å². The second kappa shape index (κ2) is 7.63. The van der Waals surface area contributed by atoms with Crippen LogP contribution in [-0.2, 0) is 6.54 Å². The van der Waals surface area contributed by atoms with Crippen molar-refractivity contribution in [3.63, 3.8) is 0 Å². The normalized spacial score (nSPS) is 12.2. The van der Waals surface area contributed by atoms with Gasteiger partial charge in [-0.2, -0.15) is 4.80 Å². The lowest BCUT2D eigenvalue weighted by Gasteiger charge is -2.13. The summed E-state index contributed by atoms with van der Waals surface area (Å²) in [6.07, 6.45) is -0.749. The summed E-state index contributed by atoms with van der Waals surface area (Å²) in [5, 5.41) is 23.0. The molecule has 0 saturated heterocycles. The molecule has 1 N–H and O–H groups in total. The Morgan fingerprint density at radius 2 is 2.04 bits per heavy atom. The van der Waals surface area contributed by atoms with E-state index in [4.69, 9.17) is 16.3 Å². The van der Waals surface area contributed by atoms with Crippen molar-refractivity contribution in [2.75, 3.05) is 6.61 Å². The van der Waals surface area contributed by atoms with Crippen LogP contribution in [0.1, 0.15) is 11.1 Å². The molecule has 1 aromatic heterocycles. The van der Waals surface area contributed by atoms with Gasteiger partial charge < -0.3 is 9.84 Å². The van der Waals surface area contributed by atoms with E-state index < -0.39 is 6.10 Å². The number of hydrogen-bond acceptors (Lipinski definition) is 5. The number of ether oxygens (including phenoxy) is 1. The molecule has 0 amide bonds. The number of rotatable bonds is 6. The van der Waals surface area contributed by atoms with E-state index in [1.54, 1.807) is 12.1 Å². The highest BCUT2D eigenvalue weighted by Gasteiger charge is 2.12. The fraction of sp³-hybridized carbons (Fsp3) is 0.278. The van der Waals surface area contributed by atoms with E-state index in [0.717, 1.165) is 22.4 Å². The maximum atomic E-state index is 10.2.